The fourth-order valence-corrected chi connectivity index (χ4v) is 3.88. The number of hydrogen-bond donors (Lipinski definition) is 1. The van der Waals surface area contributed by atoms with Crippen LogP contribution in [-0.4, -0.2) is 70.1 Å². The van der Waals surface area contributed by atoms with Gasteiger partial charge in [-0.3, -0.25) is 0 Å². The van der Waals surface area contributed by atoms with Crippen molar-refractivity contribution in [2.45, 2.75) is 45.3 Å². The van der Waals surface area contributed by atoms with Gasteiger partial charge in [-0.2, -0.15) is 5.10 Å². The van der Waals surface area contributed by atoms with Crippen molar-refractivity contribution in [2.24, 2.45) is 0 Å². The molecule has 12 nitrogen and oxygen atoms in total. The smallest absolute Gasteiger partial charge is 0.410 e. The minimum atomic E-state index is -0.507. The molecule has 1 aromatic carbocycles. The Bertz CT molecular complexity index is 1270. The number of H-pyrrole nitrogens is 1. The van der Waals surface area contributed by atoms with Crippen molar-refractivity contribution < 1.29 is 14.3 Å². The van der Waals surface area contributed by atoms with Gasteiger partial charge in [0.1, 0.15) is 23.1 Å². The summed E-state index contributed by atoms with van der Waals surface area (Å²) in [4.78, 5) is 22.9. The molecule has 0 unspecified atom stereocenters. The Balaban J connectivity index is 1.29. The molecule has 1 aliphatic rings. The van der Waals surface area contributed by atoms with Crippen LogP contribution in [0.5, 0.6) is 11.6 Å². The highest BCUT2D eigenvalue weighted by Gasteiger charge is 2.29. The lowest BCUT2D eigenvalue weighted by Gasteiger charge is -2.33. The SMILES string of the molecule is CC(C)(C)OC(=O)N1CCC(n2ncc3c(Oc4ccc(-c5nnn[nH]5)cc4)ncnc32)CC1. The van der Waals surface area contributed by atoms with Crippen LogP contribution >= 0.6 is 0 Å². The number of hydrogen-bond acceptors (Lipinski definition) is 9. The number of piperidine rings is 1. The molecule has 0 bridgehead atoms. The van der Waals surface area contributed by atoms with Gasteiger partial charge in [0.25, 0.3) is 0 Å². The predicted molar refractivity (Wildman–Crippen MR) is 121 cm³/mol. The van der Waals surface area contributed by atoms with Crippen molar-refractivity contribution in [2.75, 3.05) is 13.1 Å². The summed E-state index contributed by atoms with van der Waals surface area (Å²) in [6.45, 7) is 6.81. The number of nitrogens with zero attached hydrogens (tertiary/aromatic N) is 8. The second-order valence-electron chi connectivity index (χ2n) is 9.08. The van der Waals surface area contributed by atoms with Gasteiger partial charge in [-0.15, -0.1) is 5.10 Å². The summed E-state index contributed by atoms with van der Waals surface area (Å²) >= 11 is 0. The second-order valence-corrected chi connectivity index (χ2v) is 9.08. The van der Waals surface area contributed by atoms with Crippen LogP contribution in [0, 0.1) is 0 Å². The Morgan fingerprint density at radius 1 is 1.12 bits per heavy atom. The Hall–Kier alpha value is -4.09. The van der Waals surface area contributed by atoms with Crippen LogP contribution in [0.1, 0.15) is 39.7 Å². The van der Waals surface area contributed by atoms with E-state index in [1.54, 1.807) is 11.1 Å². The quantitative estimate of drug-likeness (QED) is 0.483. The van der Waals surface area contributed by atoms with Gasteiger partial charge in [-0.1, -0.05) is 0 Å². The summed E-state index contributed by atoms with van der Waals surface area (Å²) in [6.07, 6.45) is 4.43. The molecule has 4 heterocycles. The largest absolute Gasteiger partial charge is 0.444 e. The third-order valence-electron chi connectivity index (χ3n) is 5.50. The number of likely N-dealkylation sites (tertiary alicyclic amines) is 1. The fraction of sp³-hybridized carbons (Fsp3) is 0.409. The van der Waals surface area contributed by atoms with Gasteiger partial charge >= 0.3 is 6.09 Å². The Kier molecular flexibility index (Phi) is 5.56. The van der Waals surface area contributed by atoms with E-state index in [9.17, 15) is 4.79 Å². The fourth-order valence-electron chi connectivity index (χ4n) is 3.88. The number of aromatic nitrogens is 8. The average molecular weight is 464 g/mol. The van der Waals surface area contributed by atoms with E-state index in [0.717, 1.165) is 23.8 Å². The molecule has 1 saturated heterocycles. The molecule has 0 atom stereocenters. The van der Waals surface area contributed by atoms with Crippen LogP contribution in [0.15, 0.2) is 36.8 Å². The molecule has 0 saturated carbocycles. The molecule has 1 aliphatic heterocycles. The Morgan fingerprint density at radius 2 is 1.88 bits per heavy atom. The van der Waals surface area contributed by atoms with E-state index in [2.05, 4.69) is 35.7 Å². The number of fused-ring (bicyclic) bond motifs is 1. The van der Waals surface area contributed by atoms with Crippen molar-refractivity contribution in [3.05, 3.63) is 36.8 Å². The molecule has 0 spiro atoms. The number of nitrogens with one attached hydrogen (secondary N) is 1. The molecule has 0 radical (unpaired) electrons. The predicted octanol–water partition coefficient (Wildman–Crippen LogP) is 3.37. The Morgan fingerprint density at radius 3 is 2.56 bits per heavy atom. The van der Waals surface area contributed by atoms with Crippen LogP contribution in [0.25, 0.3) is 22.4 Å². The first-order chi connectivity index (χ1) is 16.4. The first-order valence-electron chi connectivity index (χ1n) is 11.1. The first kappa shape index (κ1) is 21.7. The molecule has 34 heavy (non-hydrogen) atoms. The number of amides is 1. The zero-order valence-electron chi connectivity index (χ0n) is 19.2. The molecule has 1 amide bonds. The van der Waals surface area contributed by atoms with Crippen molar-refractivity contribution in [1.82, 2.24) is 45.3 Å². The van der Waals surface area contributed by atoms with E-state index < -0.39 is 5.60 Å². The van der Waals surface area contributed by atoms with Crippen LogP contribution < -0.4 is 4.74 Å². The lowest BCUT2D eigenvalue weighted by atomic mass is 10.1. The zero-order chi connectivity index (χ0) is 23.7. The maximum atomic E-state index is 12.4. The van der Waals surface area contributed by atoms with Crippen LogP contribution in [0.2, 0.25) is 0 Å². The van der Waals surface area contributed by atoms with Gasteiger partial charge in [-0.25, -0.2) is 24.5 Å². The molecule has 5 rings (SSSR count). The molecular weight excluding hydrogens is 438 g/mol. The summed E-state index contributed by atoms with van der Waals surface area (Å²) in [5.74, 6) is 1.63. The lowest BCUT2D eigenvalue weighted by molar-refractivity contribution is 0.0186. The molecule has 1 N–H and O–H groups in total. The van der Waals surface area contributed by atoms with Crippen molar-refractivity contribution in [1.29, 1.82) is 0 Å². The monoisotopic (exact) mass is 463 g/mol. The van der Waals surface area contributed by atoms with E-state index in [-0.39, 0.29) is 12.1 Å². The average Bonchev–Trinajstić information content (AvgIpc) is 3.50. The maximum absolute atomic E-state index is 12.4. The summed E-state index contributed by atoms with van der Waals surface area (Å²) in [7, 11) is 0. The molecule has 0 aliphatic carbocycles. The standard InChI is InChI=1S/C22H25N9O3/c1-22(2,3)34-21(32)30-10-8-15(9-11-30)31-19-17(12-25-31)20(24-13-23-19)33-16-6-4-14(5-7-16)18-26-28-29-27-18/h4-7,12-13,15H,8-11H2,1-3H3,(H,26,27,28,29). The summed E-state index contributed by atoms with van der Waals surface area (Å²) in [5.41, 5.74) is 1.04. The highest BCUT2D eigenvalue weighted by atomic mass is 16.6. The van der Waals surface area contributed by atoms with Gasteiger partial charge in [0, 0.05) is 18.7 Å². The number of ether oxygens (including phenoxy) is 2. The highest BCUT2D eigenvalue weighted by Crippen LogP contribution is 2.31. The van der Waals surface area contributed by atoms with Gasteiger partial charge in [0.2, 0.25) is 5.88 Å². The summed E-state index contributed by atoms with van der Waals surface area (Å²) in [5, 5.41) is 19.1. The van der Waals surface area contributed by atoms with Crippen LogP contribution in [-0.2, 0) is 4.74 Å². The number of tetrazole rings is 1. The number of rotatable bonds is 4. The number of carbonyl (C=O) groups excluding carboxylic acids is 1. The summed E-state index contributed by atoms with van der Waals surface area (Å²) in [6, 6.07) is 7.48. The molecule has 3 aromatic heterocycles. The van der Waals surface area contributed by atoms with Gasteiger partial charge < -0.3 is 14.4 Å². The first-order valence-corrected chi connectivity index (χ1v) is 11.1. The number of aromatic amines is 1. The van der Waals surface area contributed by atoms with E-state index in [0.29, 0.717) is 36.2 Å². The van der Waals surface area contributed by atoms with E-state index >= 15 is 0 Å². The Labute approximate surface area is 195 Å². The van der Waals surface area contributed by atoms with E-state index in [4.69, 9.17) is 9.47 Å². The van der Waals surface area contributed by atoms with Crippen LogP contribution in [0.4, 0.5) is 4.79 Å². The van der Waals surface area contributed by atoms with Gasteiger partial charge in [0.15, 0.2) is 11.5 Å². The lowest BCUT2D eigenvalue weighted by Crippen LogP contribution is -2.42. The van der Waals surface area contributed by atoms with Crippen molar-refractivity contribution >= 4 is 17.1 Å². The van der Waals surface area contributed by atoms with Gasteiger partial charge in [-0.05, 0) is 68.3 Å². The van der Waals surface area contributed by atoms with E-state index in [1.165, 1.54) is 6.33 Å². The minimum Gasteiger partial charge on any atom is -0.444 e. The zero-order valence-corrected chi connectivity index (χ0v) is 19.2. The third-order valence-corrected chi connectivity index (χ3v) is 5.50. The highest BCUT2D eigenvalue weighted by molar-refractivity contribution is 5.80. The minimum absolute atomic E-state index is 0.119. The topological polar surface area (TPSA) is 137 Å². The molecule has 4 aromatic rings. The number of benzene rings is 1. The van der Waals surface area contributed by atoms with Crippen LogP contribution in [0.3, 0.4) is 0 Å². The van der Waals surface area contributed by atoms with Crippen molar-refractivity contribution in [3.63, 3.8) is 0 Å². The normalized spacial score (nSPS) is 15.0. The van der Waals surface area contributed by atoms with Crippen molar-refractivity contribution in [3.8, 4) is 23.0 Å². The second kappa shape index (κ2) is 8.69. The molecule has 176 valence electrons. The van der Waals surface area contributed by atoms with E-state index in [1.807, 2.05) is 49.7 Å². The maximum Gasteiger partial charge on any atom is 0.410 e. The molecule has 1 fully saturated rings. The molecule has 12 heteroatoms. The third kappa shape index (κ3) is 4.51. The number of carbonyl (C=O) groups is 1. The van der Waals surface area contributed by atoms with Gasteiger partial charge in [0.05, 0.1) is 12.2 Å². The summed E-state index contributed by atoms with van der Waals surface area (Å²) < 4.78 is 13.4. The molecular formula is C22H25N9O3.